The van der Waals surface area contributed by atoms with E-state index in [1.807, 2.05) is 7.05 Å². The molecule has 1 aliphatic rings. The largest absolute Gasteiger partial charge is 0.469 e. The molecule has 0 radical (unpaired) electrons. The molecule has 3 rings (SSSR count). The summed E-state index contributed by atoms with van der Waals surface area (Å²) in [5.41, 5.74) is 0.928. The lowest BCUT2D eigenvalue weighted by Crippen LogP contribution is -2.13. The van der Waals surface area contributed by atoms with E-state index < -0.39 is 0 Å². The van der Waals surface area contributed by atoms with Gasteiger partial charge in [0.15, 0.2) is 5.65 Å². The highest BCUT2D eigenvalue weighted by Gasteiger charge is 2.44. The third kappa shape index (κ3) is 2.49. The maximum Gasteiger partial charge on any atom is 0.306 e. The van der Waals surface area contributed by atoms with Gasteiger partial charge in [-0.25, -0.2) is 9.97 Å². The van der Waals surface area contributed by atoms with E-state index in [9.17, 15) is 4.79 Å². The Morgan fingerprint density at radius 3 is 3.00 bits per heavy atom. The molecule has 0 saturated heterocycles. The molecule has 106 valence electrons. The Morgan fingerprint density at radius 1 is 1.50 bits per heavy atom. The number of nitrogens with zero attached hydrogens (tertiary/aromatic N) is 4. The van der Waals surface area contributed by atoms with Crippen LogP contribution in [0.4, 0.5) is 0 Å². The zero-order valence-electron chi connectivity index (χ0n) is 11.5. The SMILES string of the molecule is COC(=O)CC1(CSc2ncnc3c2cnn3C)CC1. The highest BCUT2D eigenvalue weighted by Crippen LogP contribution is 2.52. The second-order valence-corrected chi connectivity index (χ2v) is 6.19. The van der Waals surface area contributed by atoms with E-state index in [0.29, 0.717) is 6.42 Å². The number of ether oxygens (including phenoxy) is 1. The number of carbonyl (C=O) groups is 1. The van der Waals surface area contributed by atoms with Gasteiger partial charge in [-0.2, -0.15) is 5.10 Å². The second-order valence-electron chi connectivity index (χ2n) is 5.23. The zero-order chi connectivity index (χ0) is 14.2. The molecule has 1 saturated carbocycles. The molecule has 0 unspecified atom stereocenters. The van der Waals surface area contributed by atoms with E-state index in [1.165, 1.54) is 7.11 Å². The number of aryl methyl sites for hydroxylation is 1. The van der Waals surface area contributed by atoms with Crippen LogP contribution in [0.3, 0.4) is 0 Å². The van der Waals surface area contributed by atoms with Gasteiger partial charge in [-0.15, -0.1) is 11.8 Å². The summed E-state index contributed by atoms with van der Waals surface area (Å²) < 4.78 is 6.50. The highest BCUT2D eigenvalue weighted by atomic mass is 32.2. The van der Waals surface area contributed by atoms with Crippen molar-refractivity contribution in [3.05, 3.63) is 12.5 Å². The van der Waals surface area contributed by atoms with Crippen LogP contribution in [0.5, 0.6) is 0 Å². The van der Waals surface area contributed by atoms with Crippen LogP contribution in [0.2, 0.25) is 0 Å². The van der Waals surface area contributed by atoms with E-state index >= 15 is 0 Å². The van der Waals surface area contributed by atoms with Crippen LogP contribution in [-0.2, 0) is 16.6 Å². The third-order valence-electron chi connectivity index (χ3n) is 3.71. The first kappa shape index (κ1) is 13.4. The smallest absolute Gasteiger partial charge is 0.306 e. The van der Waals surface area contributed by atoms with Gasteiger partial charge in [0.1, 0.15) is 11.4 Å². The zero-order valence-corrected chi connectivity index (χ0v) is 12.3. The molecule has 20 heavy (non-hydrogen) atoms. The lowest BCUT2D eigenvalue weighted by molar-refractivity contribution is -0.141. The van der Waals surface area contributed by atoms with Gasteiger partial charge >= 0.3 is 5.97 Å². The minimum absolute atomic E-state index is 0.0945. The lowest BCUT2D eigenvalue weighted by Gasteiger charge is -2.12. The first-order chi connectivity index (χ1) is 9.63. The molecule has 1 aliphatic carbocycles. The standard InChI is InChI=1S/C13H16N4O2S/c1-17-11-9(6-16-17)12(15-8-14-11)20-7-13(3-4-13)5-10(18)19-2/h6,8H,3-5,7H2,1-2H3. The molecule has 0 bridgehead atoms. The average molecular weight is 292 g/mol. The third-order valence-corrected chi connectivity index (χ3v) is 5.07. The Morgan fingerprint density at radius 2 is 2.30 bits per heavy atom. The number of esters is 1. The van der Waals surface area contributed by atoms with Gasteiger partial charge in [0.2, 0.25) is 0 Å². The van der Waals surface area contributed by atoms with Gasteiger partial charge < -0.3 is 4.74 Å². The van der Waals surface area contributed by atoms with Crippen LogP contribution in [0.1, 0.15) is 19.3 Å². The normalized spacial score (nSPS) is 16.3. The Balaban J connectivity index is 1.73. The number of hydrogen-bond acceptors (Lipinski definition) is 6. The van der Waals surface area contributed by atoms with Gasteiger partial charge in [0.05, 0.1) is 25.1 Å². The predicted molar refractivity (Wildman–Crippen MR) is 75.3 cm³/mol. The van der Waals surface area contributed by atoms with Crippen molar-refractivity contribution in [2.75, 3.05) is 12.9 Å². The van der Waals surface area contributed by atoms with Gasteiger partial charge in [0.25, 0.3) is 0 Å². The molecule has 2 aromatic heterocycles. The number of thioether (sulfide) groups is 1. The summed E-state index contributed by atoms with van der Waals surface area (Å²) in [5.74, 6) is 0.751. The molecule has 2 heterocycles. The van der Waals surface area contributed by atoms with Crippen LogP contribution in [0, 0.1) is 5.41 Å². The number of fused-ring (bicyclic) bond motifs is 1. The fraction of sp³-hybridized carbons (Fsp3) is 0.538. The van der Waals surface area contributed by atoms with Crippen LogP contribution < -0.4 is 0 Å². The molecule has 6 nitrogen and oxygen atoms in total. The van der Waals surface area contributed by atoms with Crippen molar-refractivity contribution in [3.63, 3.8) is 0 Å². The van der Waals surface area contributed by atoms with E-state index in [2.05, 4.69) is 15.1 Å². The summed E-state index contributed by atoms with van der Waals surface area (Å²) in [4.78, 5) is 20.0. The molecule has 1 fully saturated rings. The van der Waals surface area contributed by atoms with E-state index in [-0.39, 0.29) is 11.4 Å². The van der Waals surface area contributed by atoms with Crippen LogP contribution >= 0.6 is 11.8 Å². The van der Waals surface area contributed by atoms with Crippen molar-refractivity contribution in [2.24, 2.45) is 12.5 Å². The maximum absolute atomic E-state index is 11.4. The number of aromatic nitrogens is 4. The van der Waals surface area contributed by atoms with E-state index in [1.54, 1.807) is 29.0 Å². The summed E-state index contributed by atoms with van der Waals surface area (Å²) in [6.45, 7) is 0. The summed E-state index contributed by atoms with van der Waals surface area (Å²) in [7, 11) is 3.30. The first-order valence-electron chi connectivity index (χ1n) is 6.46. The topological polar surface area (TPSA) is 69.9 Å². The Kier molecular flexibility index (Phi) is 3.37. The second kappa shape index (κ2) is 5.05. The van der Waals surface area contributed by atoms with Crippen molar-refractivity contribution >= 4 is 28.8 Å². The summed E-state index contributed by atoms with van der Waals surface area (Å²) in [5, 5.41) is 6.10. The minimum Gasteiger partial charge on any atom is -0.469 e. The average Bonchev–Trinajstić information content (AvgIpc) is 3.12. The summed E-state index contributed by atoms with van der Waals surface area (Å²) >= 11 is 1.67. The fourth-order valence-electron chi connectivity index (χ4n) is 2.20. The lowest BCUT2D eigenvalue weighted by atomic mass is 10.1. The maximum atomic E-state index is 11.4. The van der Waals surface area contributed by atoms with Gasteiger partial charge in [0, 0.05) is 12.8 Å². The van der Waals surface area contributed by atoms with Crippen molar-refractivity contribution in [1.29, 1.82) is 0 Å². The highest BCUT2D eigenvalue weighted by molar-refractivity contribution is 7.99. The molecule has 0 aromatic carbocycles. The molecule has 0 atom stereocenters. The van der Waals surface area contributed by atoms with Crippen molar-refractivity contribution in [2.45, 2.75) is 24.3 Å². The van der Waals surface area contributed by atoms with Crippen molar-refractivity contribution in [1.82, 2.24) is 19.7 Å². The number of carbonyl (C=O) groups excluding carboxylic acids is 1. The fourth-order valence-corrected chi connectivity index (χ4v) is 3.46. The van der Waals surface area contributed by atoms with Crippen molar-refractivity contribution in [3.8, 4) is 0 Å². The molecular weight excluding hydrogens is 276 g/mol. The van der Waals surface area contributed by atoms with Crippen molar-refractivity contribution < 1.29 is 9.53 Å². The van der Waals surface area contributed by atoms with E-state index in [0.717, 1.165) is 34.7 Å². The first-order valence-corrected chi connectivity index (χ1v) is 7.44. The quantitative estimate of drug-likeness (QED) is 0.475. The molecule has 0 N–H and O–H groups in total. The minimum atomic E-state index is -0.127. The molecule has 2 aromatic rings. The Bertz CT molecular complexity index is 651. The monoisotopic (exact) mass is 292 g/mol. The van der Waals surface area contributed by atoms with Gasteiger partial charge in [-0.1, -0.05) is 0 Å². The molecule has 0 aliphatic heterocycles. The number of methoxy groups -OCH3 is 1. The summed E-state index contributed by atoms with van der Waals surface area (Å²) in [6, 6.07) is 0. The van der Waals surface area contributed by atoms with E-state index in [4.69, 9.17) is 4.74 Å². The summed E-state index contributed by atoms with van der Waals surface area (Å²) in [6.07, 6.45) is 6.01. The molecule has 7 heteroatoms. The van der Waals surface area contributed by atoms with Gasteiger partial charge in [-0.3, -0.25) is 9.48 Å². The van der Waals surface area contributed by atoms with Crippen LogP contribution in [0.25, 0.3) is 11.0 Å². The Hall–Kier alpha value is -1.63. The van der Waals surface area contributed by atoms with Crippen LogP contribution in [-0.4, -0.2) is 38.6 Å². The molecule has 0 spiro atoms. The molecular formula is C13H16N4O2S. The number of rotatable bonds is 5. The number of hydrogen-bond donors (Lipinski definition) is 0. The van der Waals surface area contributed by atoms with Gasteiger partial charge in [-0.05, 0) is 18.3 Å². The van der Waals surface area contributed by atoms with Crippen LogP contribution in [0.15, 0.2) is 17.6 Å². The molecule has 0 amide bonds. The Labute approximate surface area is 120 Å². The predicted octanol–water partition coefficient (Wildman–Crippen LogP) is 1.80.